The highest BCUT2D eigenvalue weighted by atomic mass is 32.1. The average Bonchev–Trinajstić information content (AvgIpc) is 3.02. The van der Waals surface area contributed by atoms with Crippen molar-refractivity contribution in [1.29, 1.82) is 0 Å². The van der Waals surface area contributed by atoms with Crippen molar-refractivity contribution >= 4 is 23.2 Å². The summed E-state index contributed by atoms with van der Waals surface area (Å²) in [5.74, 6) is 0.698. The van der Waals surface area contributed by atoms with E-state index in [4.69, 9.17) is 4.74 Å². The lowest BCUT2D eigenvalue weighted by Gasteiger charge is -2.23. The normalized spacial score (nSPS) is 14.8. The molecule has 0 aliphatic carbocycles. The lowest BCUT2D eigenvalue weighted by molar-refractivity contribution is -0.130. The number of nitrogens with zero attached hydrogens (tertiary/aromatic N) is 2. The van der Waals surface area contributed by atoms with Crippen LogP contribution in [-0.2, 0) is 11.2 Å². The van der Waals surface area contributed by atoms with E-state index in [-0.39, 0.29) is 11.8 Å². The summed E-state index contributed by atoms with van der Waals surface area (Å²) >= 11 is 1.60. The smallest absolute Gasteiger partial charge is 0.257 e. The fraction of sp³-hybridized carbons (Fsp3) is 0.400. The quantitative estimate of drug-likeness (QED) is 0.829. The number of carbonyl (C=O) groups is 2. The van der Waals surface area contributed by atoms with Crippen LogP contribution in [0.25, 0.3) is 0 Å². The van der Waals surface area contributed by atoms with Gasteiger partial charge >= 0.3 is 0 Å². The number of methoxy groups -OCH3 is 1. The molecule has 138 valence electrons. The van der Waals surface area contributed by atoms with Crippen LogP contribution in [-0.4, -0.2) is 54.9 Å². The number of hydrogen-bond donors (Lipinski definition) is 0. The molecular weight excluding hydrogens is 348 g/mol. The van der Waals surface area contributed by atoms with Gasteiger partial charge in [-0.05, 0) is 36.9 Å². The molecule has 3 rings (SSSR count). The van der Waals surface area contributed by atoms with E-state index >= 15 is 0 Å². The van der Waals surface area contributed by atoms with Crippen molar-refractivity contribution < 1.29 is 14.3 Å². The Balaban J connectivity index is 1.66. The van der Waals surface area contributed by atoms with Crippen LogP contribution >= 0.6 is 11.3 Å². The van der Waals surface area contributed by atoms with E-state index in [1.807, 2.05) is 52.4 Å². The first kappa shape index (κ1) is 18.5. The molecule has 1 aromatic carbocycles. The standard InChI is InChI=1S/C20H24N2O3S/c1-15-6-7-18(25-2)17(13-15)20(24)22-9-4-8-21(10-11-22)19(23)14-16-5-3-12-26-16/h3,5-7,12-13H,4,8-11,14H2,1-2H3. The van der Waals surface area contributed by atoms with Crippen LogP contribution in [0.2, 0.25) is 0 Å². The predicted octanol–water partition coefficient (Wildman–Crippen LogP) is 2.98. The number of rotatable bonds is 4. The second kappa shape index (κ2) is 8.36. The summed E-state index contributed by atoms with van der Waals surface area (Å²) in [6, 6.07) is 9.58. The van der Waals surface area contributed by atoms with Gasteiger partial charge in [-0.15, -0.1) is 11.3 Å². The molecule has 6 heteroatoms. The van der Waals surface area contributed by atoms with Crippen LogP contribution in [0.3, 0.4) is 0 Å². The molecule has 0 unspecified atom stereocenters. The number of thiophene rings is 1. The number of amides is 2. The van der Waals surface area contributed by atoms with Crippen molar-refractivity contribution in [3.63, 3.8) is 0 Å². The van der Waals surface area contributed by atoms with E-state index in [2.05, 4.69) is 0 Å². The molecule has 0 spiro atoms. The molecule has 0 bridgehead atoms. The monoisotopic (exact) mass is 372 g/mol. The van der Waals surface area contributed by atoms with Crippen molar-refractivity contribution in [2.75, 3.05) is 33.3 Å². The highest BCUT2D eigenvalue weighted by Crippen LogP contribution is 2.22. The first-order valence-corrected chi connectivity index (χ1v) is 9.70. The number of hydrogen-bond acceptors (Lipinski definition) is 4. The number of ether oxygens (including phenoxy) is 1. The second-order valence-corrected chi connectivity index (χ2v) is 7.52. The van der Waals surface area contributed by atoms with Gasteiger partial charge in [0.15, 0.2) is 0 Å². The topological polar surface area (TPSA) is 49.9 Å². The molecule has 2 amide bonds. The van der Waals surface area contributed by atoms with Gasteiger partial charge in [-0.25, -0.2) is 0 Å². The molecule has 0 saturated carbocycles. The molecule has 0 N–H and O–H groups in total. The lowest BCUT2D eigenvalue weighted by Crippen LogP contribution is -2.38. The Kier molecular flexibility index (Phi) is 5.93. The van der Waals surface area contributed by atoms with Gasteiger partial charge in [0.1, 0.15) is 5.75 Å². The summed E-state index contributed by atoms with van der Waals surface area (Å²) in [4.78, 5) is 30.3. The Morgan fingerprint density at radius 1 is 1.12 bits per heavy atom. The Labute approximate surface area is 158 Å². The zero-order chi connectivity index (χ0) is 18.5. The summed E-state index contributed by atoms with van der Waals surface area (Å²) in [7, 11) is 1.58. The predicted molar refractivity (Wildman–Crippen MR) is 103 cm³/mol. The van der Waals surface area contributed by atoms with Crippen LogP contribution in [0.15, 0.2) is 35.7 Å². The van der Waals surface area contributed by atoms with E-state index in [1.54, 1.807) is 18.4 Å². The van der Waals surface area contributed by atoms with Gasteiger partial charge in [-0.2, -0.15) is 0 Å². The van der Waals surface area contributed by atoms with Gasteiger partial charge in [0, 0.05) is 31.1 Å². The third-order valence-corrected chi connectivity index (χ3v) is 5.50. The minimum Gasteiger partial charge on any atom is -0.496 e. The molecule has 1 aliphatic rings. The lowest BCUT2D eigenvalue weighted by atomic mass is 10.1. The average molecular weight is 372 g/mol. The highest BCUT2D eigenvalue weighted by Gasteiger charge is 2.24. The Bertz CT molecular complexity index is 773. The molecule has 1 aliphatic heterocycles. The third-order valence-electron chi connectivity index (χ3n) is 4.63. The van der Waals surface area contributed by atoms with Gasteiger partial charge in [0.2, 0.25) is 5.91 Å². The molecule has 2 aromatic rings. The molecule has 2 heterocycles. The largest absolute Gasteiger partial charge is 0.496 e. The van der Waals surface area contributed by atoms with E-state index in [1.165, 1.54) is 0 Å². The van der Waals surface area contributed by atoms with Crippen molar-refractivity contribution in [3.8, 4) is 5.75 Å². The molecule has 26 heavy (non-hydrogen) atoms. The van der Waals surface area contributed by atoms with Crippen LogP contribution in [0.5, 0.6) is 5.75 Å². The molecule has 0 radical (unpaired) electrons. The van der Waals surface area contributed by atoms with Gasteiger partial charge < -0.3 is 14.5 Å². The summed E-state index contributed by atoms with van der Waals surface area (Å²) in [5.41, 5.74) is 1.61. The van der Waals surface area contributed by atoms with E-state index in [9.17, 15) is 9.59 Å². The minimum absolute atomic E-state index is 0.0295. The van der Waals surface area contributed by atoms with Crippen molar-refractivity contribution in [2.45, 2.75) is 19.8 Å². The van der Waals surface area contributed by atoms with E-state index in [0.29, 0.717) is 43.9 Å². The maximum Gasteiger partial charge on any atom is 0.257 e. The molecule has 1 saturated heterocycles. The van der Waals surface area contributed by atoms with Crippen molar-refractivity contribution in [3.05, 3.63) is 51.7 Å². The Morgan fingerprint density at radius 3 is 2.62 bits per heavy atom. The molecule has 0 atom stereocenters. The summed E-state index contributed by atoms with van der Waals surface area (Å²) in [6.45, 7) is 4.43. The van der Waals surface area contributed by atoms with Gasteiger partial charge in [-0.1, -0.05) is 17.7 Å². The molecular formula is C20H24N2O3S. The van der Waals surface area contributed by atoms with Gasteiger partial charge in [0.05, 0.1) is 19.1 Å². The highest BCUT2D eigenvalue weighted by molar-refractivity contribution is 7.10. The van der Waals surface area contributed by atoms with E-state index < -0.39 is 0 Å². The third kappa shape index (κ3) is 4.25. The van der Waals surface area contributed by atoms with Crippen molar-refractivity contribution in [2.24, 2.45) is 0 Å². The number of benzene rings is 1. The van der Waals surface area contributed by atoms with Gasteiger partial charge in [-0.3, -0.25) is 9.59 Å². The minimum atomic E-state index is -0.0295. The van der Waals surface area contributed by atoms with Gasteiger partial charge in [0.25, 0.3) is 5.91 Å². The maximum atomic E-state index is 13.0. The zero-order valence-electron chi connectivity index (χ0n) is 15.2. The molecule has 1 fully saturated rings. The van der Waals surface area contributed by atoms with Crippen molar-refractivity contribution in [1.82, 2.24) is 9.80 Å². The van der Waals surface area contributed by atoms with Crippen LogP contribution < -0.4 is 4.74 Å². The summed E-state index contributed by atoms with van der Waals surface area (Å²) in [6.07, 6.45) is 1.23. The fourth-order valence-corrected chi connectivity index (χ4v) is 3.90. The summed E-state index contributed by atoms with van der Waals surface area (Å²) < 4.78 is 5.35. The first-order valence-electron chi connectivity index (χ1n) is 8.82. The van der Waals surface area contributed by atoms with E-state index in [0.717, 1.165) is 16.9 Å². The Hall–Kier alpha value is -2.34. The fourth-order valence-electron chi connectivity index (χ4n) is 3.20. The molecule has 5 nitrogen and oxygen atoms in total. The SMILES string of the molecule is COc1ccc(C)cc1C(=O)N1CCCN(C(=O)Cc2cccs2)CC1. The second-order valence-electron chi connectivity index (χ2n) is 6.49. The maximum absolute atomic E-state index is 13.0. The molecule has 1 aromatic heterocycles. The summed E-state index contributed by atoms with van der Waals surface area (Å²) in [5, 5.41) is 1.99. The zero-order valence-corrected chi connectivity index (χ0v) is 16.1. The Morgan fingerprint density at radius 2 is 1.88 bits per heavy atom. The first-order chi connectivity index (χ1) is 12.6. The number of aryl methyl sites for hydroxylation is 1. The van der Waals surface area contributed by atoms with Crippen LogP contribution in [0, 0.1) is 6.92 Å². The van der Waals surface area contributed by atoms with Crippen LogP contribution in [0.4, 0.5) is 0 Å². The van der Waals surface area contributed by atoms with Crippen LogP contribution in [0.1, 0.15) is 27.2 Å². The number of carbonyl (C=O) groups excluding carboxylic acids is 2.